The van der Waals surface area contributed by atoms with Crippen LogP contribution in [0, 0.1) is 0 Å². The summed E-state index contributed by atoms with van der Waals surface area (Å²) in [5.41, 5.74) is 0. The molecule has 16 heavy (non-hydrogen) atoms. The number of carbonyl (C=O) groups is 2. The molecule has 9 heteroatoms. The van der Waals surface area contributed by atoms with Crippen molar-refractivity contribution in [3.05, 3.63) is 0 Å². The third kappa shape index (κ3) is 7.12. The molecule has 6 nitrogen and oxygen atoms in total. The summed E-state index contributed by atoms with van der Waals surface area (Å²) in [4.78, 5) is 20.8. The molecule has 4 N–H and O–H groups in total. The summed E-state index contributed by atoms with van der Waals surface area (Å²) in [6, 6.07) is 0. The fourth-order valence-corrected chi connectivity index (χ4v) is 6.15. The number of hydrogen-bond donors (Lipinski definition) is 4. The number of carboxylic acids is 2. The van der Waals surface area contributed by atoms with Gasteiger partial charge in [-0.05, 0) is 15.5 Å². The number of aliphatic hydroxyl groups is 2. The summed E-state index contributed by atoms with van der Waals surface area (Å²) >= 11 is 0. The Bertz CT molecular complexity index is 298. The van der Waals surface area contributed by atoms with E-state index in [1.54, 1.807) is 0 Å². The van der Waals surface area contributed by atoms with Crippen molar-refractivity contribution < 1.29 is 30.0 Å². The van der Waals surface area contributed by atoms with Crippen LogP contribution in [0.25, 0.3) is 0 Å². The van der Waals surface area contributed by atoms with Gasteiger partial charge in [0, 0.05) is 5.75 Å². The summed E-state index contributed by atoms with van der Waals surface area (Å²) in [7, 11) is 0.761. The Labute approximate surface area is 102 Å². The first-order chi connectivity index (χ1) is 7.34. The lowest BCUT2D eigenvalue weighted by Crippen LogP contribution is -2.10. The van der Waals surface area contributed by atoms with E-state index in [-0.39, 0.29) is 12.2 Å². The number of hydrogen-bond acceptors (Lipinski definition) is 4. The standard InChI is InChI=1S/C7H12O6S3/c1-4(6(10)11)15-16(7(12)13)14-3-2-5(8)9/h4,12-13H,2-3H2,1H3,(H,8,9)(H,10,11). The molecule has 0 aliphatic carbocycles. The molecule has 0 spiro atoms. The van der Waals surface area contributed by atoms with Crippen molar-refractivity contribution in [2.45, 2.75) is 18.6 Å². The molecule has 2 atom stereocenters. The Morgan fingerprint density at radius 3 is 2.19 bits per heavy atom. The van der Waals surface area contributed by atoms with Crippen LogP contribution in [0.5, 0.6) is 0 Å². The first kappa shape index (κ1) is 15.8. The van der Waals surface area contributed by atoms with Gasteiger partial charge < -0.3 is 20.4 Å². The predicted molar refractivity (Wildman–Crippen MR) is 67.3 cm³/mol. The maximum atomic E-state index is 10.5. The van der Waals surface area contributed by atoms with Crippen LogP contribution in [0.4, 0.5) is 0 Å². The van der Waals surface area contributed by atoms with Gasteiger partial charge in [0.25, 0.3) is 0 Å². The second-order valence-electron chi connectivity index (χ2n) is 2.56. The molecule has 0 fully saturated rings. The van der Waals surface area contributed by atoms with Crippen molar-refractivity contribution in [3.63, 3.8) is 0 Å². The fourth-order valence-electron chi connectivity index (χ4n) is 0.500. The van der Waals surface area contributed by atoms with Crippen LogP contribution < -0.4 is 0 Å². The van der Waals surface area contributed by atoms with E-state index in [4.69, 9.17) is 20.4 Å². The van der Waals surface area contributed by atoms with Crippen LogP contribution in [0.15, 0.2) is 0 Å². The number of carboxylic acid groups (broad SMARTS) is 2. The topological polar surface area (TPSA) is 115 Å². The minimum atomic E-state index is -1.13. The maximum Gasteiger partial charge on any atom is 0.317 e. The van der Waals surface area contributed by atoms with Crippen LogP contribution >= 0.6 is 30.1 Å². The number of aliphatic hydroxyl groups excluding tert-OH is 1. The minimum absolute atomic E-state index is 0.108. The largest absolute Gasteiger partial charge is 0.481 e. The first-order valence-electron chi connectivity index (χ1n) is 4.08. The Morgan fingerprint density at radius 1 is 1.25 bits per heavy atom. The van der Waals surface area contributed by atoms with Crippen molar-refractivity contribution in [3.8, 4) is 0 Å². The van der Waals surface area contributed by atoms with Crippen molar-refractivity contribution in [1.29, 1.82) is 0 Å². The minimum Gasteiger partial charge on any atom is -0.481 e. The van der Waals surface area contributed by atoms with Gasteiger partial charge in [0.1, 0.15) is 5.25 Å². The average molecular weight is 288 g/mol. The second kappa shape index (κ2) is 7.96. The molecule has 0 bridgehead atoms. The average Bonchev–Trinajstić information content (AvgIpc) is 2.14. The third-order valence-electron chi connectivity index (χ3n) is 1.23. The second-order valence-corrected chi connectivity index (χ2v) is 8.86. The summed E-state index contributed by atoms with van der Waals surface area (Å²) in [5.74, 6) is -1.84. The highest BCUT2D eigenvalue weighted by Crippen LogP contribution is 2.46. The Kier molecular flexibility index (Phi) is 7.85. The quantitative estimate of drug-likeness (QED) is 0.413. The first-order valence-corrected chi connectivity index (χ1v) is 8.21. The molecule has 2 unspecified atom stereocenters. The van der Waals surface area contributed by atoms with Crippen molar-refractivity contribution in [1.82, 2.24) is 0 Å². The van der Waals surface area contributed by atoms with Crippen LogP contribution in [-0.2, 0) is 9.59 Å². The Balaban J connectivity index is 4.26. The molecule has 0 radical (unpaired) electrons. The van der Waals surface area contributed by atoms with E-state index in [2.05, 4.69) is 0 Å². The highest BCUT2D eigenvalue weighted by atomic mass is 33.5. The number of rotatable bonds is 7. The van der Waals surface area contributed by atoms with E-state index in [9.17, 15) is 9.59 Å². The van der Waals surface area contributed by atoms with E-state index < -0.39 is 31.0 Å². The molecule has 0 aromatic rings. The Morgan fingerprint density at radius 2 is 1.81 bits per heavy atom. The van der Waals surface area contributed by atoms with Crippen LogP contribution in [-0.4, -0.2) is 48.6 Å². The molecule has 0 amide bonds. The third-order valence-corrected chi connectivity index (χ3v) is 7.78. The molecule has 0 aromatic carbocycles. The predicted octanol–water partition coefficient (Wildman–Crippen LogP) is 1.70. The van der Waals surface area contributed by atoms with E-state index in [0.29, 0.717) is 0 Å². The summed E-state index contributed by atoms with van der Waals surface area (Å²) in [6.07, 6.45) is -0.108. The van der Waals surface area contributed by atoms with Crippen LogP contribution in [0.3, 0.4) is 0 Å². The summed E-state index contributed by atoms with van der Waals surface area (Å²) < 4.78 is 0. The van der Waals surface area contributed by atoms with Gasteiger partial charge in [0.2, 0.25) is 5.24 Å². The maximum absolute atomic E-state index is 10.5. The van der Waals surface area contributed by atoms with Gasteiger partial charge in [-0.2, -0.15) is 0 Å². The van der Waals surface area contributed by atoms with Gasteiger partial charge in [0.15, 0.2) is 0 Å². The van der Waals surface area contributed by atoms with Gasteiger partial charge in [0.05, 0.1) is 6.42 Å². The molecule has 0 aliphatic heterocycles. The fraction of sp³-hybridized carbons (Fsp3) is 0.571. The molecule has 0 rings (SSSR count). The summed E-state index contributed by atoms with van der Waals surface area (Å²) in [6.45, 7) is 1.42. The molecule has 94 valence electrons. The molecule has 0 saturated heterocycles. The van der Waals surface area contributed by atoms with Gasteiger partial charge >= 0.3 is 11.9 Å². The van der Waals surface area contributed by atoms with E-state index in [0.717, 1.165) is 21.6 Å². The molecule has 0 heterocycles. The van der Waals surface area contributed by atoms with Gasteiger partial charge in [-0.15, -0.1) is 0 Å². The SMILES string of the molecule is CC(SS(SCCC(=O)O)=C(O)O)C(=O)O. The molecular formula is C7H12O6S3. The summed E-state index contributed by atoms with van der Waals surface area (Å²) in [5, 5.41) is 33.2. The van der Waals surface area contributed by atoms with Gasteiger partial charge in [-0.3, -0.25) is 9.59 Å². The molecule has 0 aromatic heterocycles. The molecular weight excluding hydrogens is 276 g/mol. The highest BCUT2D eigenvalue weighted by molar-refractivity contribution is 9.15. The van der Waals surface area contributed by atoms with E-state index >= 15 is 0 Å². The smallest absolute Gasteiger partial charge is 0.317 e. The zero-order valence-electron chi connectivity index (χ0n) is 8.32. The Hall–Kier alpha value is -0.220. The van der Waals surface area contributed by atoms with E-state index in [1.807, 2.05) is 0 Å². The zero-order valence-corrected chi connectivity index (χ0v) is 10.8. The van der Waals surface area contributed by atoms with Crippen LogP contribution in [0.1, 0.15) is 13.3 Å². The lowest BCUT2D eigenvalue weighted by Gasteiger charge is -2.10. The molecule has 0 saturated carbocycles. The normalized spacial score (nSPS) is 14.2. The van der Waals surface area contributed by atoms with Crippen molar-refractivity contribution in [2.75, 3.05) is 5.75 Å². The van der Waals surface area contributed by atoms with Crippen LogP contribution in [0.2, 0.25) is 0 Å². The highest BCUT2D eigenvalue weighted by Gasteiger charge is 2.16. The van der Waals surface area contributed by atoms with E-state index in [1.165, 1.54) is 6.92 Å². The van der Waals surface area contributed by atoms with Gasteiger partial charge in [-0.1, -0.05) is 21.6 Å². The lowest BCUT2D eigenvalue weighted by atomic mass is 10.5. The monoisotopic (exact) mass is 288 g/mol. The van der Waals surface area contributed by atoms with Crippen molar-refractivity contribution >= 4 is 47.3 Å². The van der Waals surface area contributed by atoms with Gasteiger partial charge in [-0.25, -0.2) is 0 Å². The lowest BCUT2D eigenvalue weighted by molar-refractivity contribution is -0.137. The van der Waals surface area contributed by atoms with Crippen molar-refractivity contribution in [2.24, 2.45) is 0 Å². The number of aliphatic carboxylic acids is 2. The zero-order chi connectivity index (χ0) is 12.7. The molecule has 0 aliphatic rings.